The molecule has 1 aromatic carbocycles. The van der Waals surface area contributed by atoms with Crippen molar-refractivity contribution in [3.8, 4) is 5.69 Å². The quantitative estimate of drug-likeness (QED) is 0.446. The highest BCUT2D eigenvalue weighted by molar-refractivity contribution is 5.93. The molecule has 8 nitrogen and oxygen atoms in total. The van der Waals surface area contributed by atoms with Crippen LogP contribution in [0.25, 0.3) is 5.69 Å². The molecule has 0 bridgehead atoms. The number of halogens is 5. The second-order valence-corrected chi connectivity index (χ2v) is 9.07. The Balaban J connectivity index is 1.49. The van der Waals surface area contributed by atoms with Crippen LogP contribution in [0.15, 0.2) is 41.6 Å². The number of nitrogens with one attached hydrogen (secondary N) is 1. The van der Waals surface area contributed by atoms with Gasteiger partial charge in [-0.3, -0.25) is 14.2 Å². The van der Waals surface area contributed by atoms with Crippen molar-refractivity contribution in [2.45, 2.75) is 57.7 Å². The molecule has 2 aromatic heterocycles. The number of benzene rings is 1. The topological polar surface area (TPSA) is 98.4 Å². The molecular weight excluding hydrogens is 515 g/mol. The van der Waals surface area contributed by atoms with Gasteiger partial charge in [0.05, 0.1) is 36.9 Å². The first-order valence-electron chi connectivity index (χ1n) is 11.8. The summed E-state index contributed by atoms with van der Waals surface area (Å²) in [6.07, 6.45) is -2.91. The highest BCUT2D eigenvalue weighted by atomic mass is 19.4. The normalized spacial score (nSPS) is 18.5. The maximum Gasteiger partial charge on any atom is 0.422 e. The van der Waals surface area contributed by atoms with E-state index in [0.29, 0.717) is 24.2 Å². The molecule has 1 saturated heterocycles. The monoisotopic (exact) mass is 540 g/mol. The minimum Gasteiger partial charge on any atom is -0.395 e. The van der Waals surface area contributed by atoms with Crippen molar-refractivity contribution in [2.24, 2.45) is 0 Å². The Morgan fingerprint density at radius 1 is 1.24 bits per heavy atom. The van der Waals surface area contributed by atoms with Gasteiger partial charge in [-0.2, -0.15) is 13.2 Å². The summed E-state index contributed by atoms with van der Waals surface area (Å²) in [5.74, 6) is -4.07. The van der Waals surface area contributed by atoms with Crippen molar-refractivity contribution >= 4 is 5.91 Å². The van der Waals surface area contributed by atoms with Gasteiger partial charge in [-0.05, 0) is 56.5 Å². The molecule has 3 atom stereocenters. The molecule has 1 aliphatic heterocycles. The summed E-state index contributed by atoms with van der Waals surface area (Å²) in [6.45, 7) is 2.86. The Morgan fingerprint density at radius 2 is 1.92 bits per heavy atom. The van der Waals surface area contributed by atoms with Crippen LogP contribution in [0.5, 0.6) is 0 Å². The van der Waals surface area contributed by atoms with Crippen LogP contribution in [0.2, 0.25) is 0 Å². The van der Waals surface area contributed by atoms with Gasteiger partial charge in [-0.25, -0.2) is 13.8 Å². The molecule has 1 aliphatic rings. The van der Waals surface area contributed by atoms with Gasteiger partial charge in [0.1, 0.15) is 28.6 Å². The number of aliphatic hydroxyl groups excluding tert-OH is 1. The molecule has 0 radical (unpaired) electrons. The van der Waals surface area contributed by atoms with Crippen LogP contribution in [0.3, 0.4) is 0 Å². The molecule has 204 valence electrons. The molecule has 3 aromatic rings. The Labute approximate surface area is 213 Å². The number of aliphatic hydroxyl groups is 1. The number of carbonyl (C=O) groups is 1. The van der Waals surface area contributed by atoms with Crippen LogP contribution in [0.1, 0.15) is 53.2 Å². The first-order chi connectivity index (χ1) is 17.9. The second kappa shape index (κ2) is 10.7. The lowest BCUT2D eigenvalue weighted by atomic mass is 10.0. The summed E-state index contributed by atoms with van der Waals surface area (Å²) in [4.78, 5) is 30.2. The van der Waals surface area contributed by atoms with Gasteiger partial charge >= 0.3 is 6.18 Å². The number of alkyl halides is 3. The van der Waals surface area contributed by atoms with E-state index in [9.17, 15) is 36.6 Å². The lowest BCUT2D eigenvalue weighted by molar-refractivity contribution is -0.142. The summed E-state index contributed by atoms with van der Waals surface area (Å²) >= 11 is 0. The lowest BCUT2D eigenvalue weighted by Gasteiger charge is -2.23. The third-order valence-electron chi connectivity index (χ3n) is 6.39. The van der Waals surface area contributed by atoms with Crippen molar-refractivity contribution in [3.63, 3.8) is 0 Å². The number of rotatable bonds is 7. The fourth-order valence-electron chi connectivity index (χ4n) is 4.54. The highest BCUT2D eigenvalue weighted by Crippen LogP contribution is 2.39. The number of ether oxygens (including phenoxy) is 1. The van der Waals surface area contributed by atoms with E-state index in [1.165, 1.54) is 23.0 Å². The maximum atomic E-state index is 14.0. The Morgan fingerprint density at radius 3 is 2.50 bits per heavy atom. The van der Waals surface area contributed by atoms with Crippen LogP contribution in [-0.4, -0.2) is 43.9 Å². The number of pyridine rings is 1. The fourth-order valence-corrected chi connectivity index (χ4v) is 4.54. The van der Waals surface area contributed by atoms with Gasteiger partial charge in [0.15, 0.2) is 0 Å². The van der Waals surface area contributed by atoms with Crippen molar-refractivity contribution in [1.29, 1.82) is 0 Å². The average Bonchev–Trinajstić information content (AvgIpc) is 3.48. The average molecular weight is 540 g/mol. The van der Waals surface area contributed by atoms with Gasteiger partial charge in [0.25, 0.3) is 11.5 Å². The van der Waals surface area contributed by atoms with E-state index in [0.717, 1.165) is 4.57 Å². The zero-order valence-electron chi connectivity index (χ0n) is 20.4. The molecule has 0 saturated carbocycles. The SMILES string of the molecule is Cc1cn(-c2ccc(C(=O)NC(C)C3CCC(c4cc(F)c(C(F)(F)F)c(F)c4)O3)n(CCO)c2=O)cn1. The van der Waals surface area contributed by atoms with Crippen molar-refractivity contribution < 1.29 is 36.6 Å². The van der Waals surface area contributed by atoms with E-state index in [2.05, 4.69) is 10.3 Å². The van der Waals surface area contributed by atoms with E-state index < -0.39 is 59.7 Å². The van der Waals surface area contributed by atoms with Crippen LogP contribution < -0.4 is 10.9 Å². The summed E-state index contributed by atoms with van der Waals surface area (Å²) in [5, 5.41) is 12.2. The minimum absolute atomic E-state index is 0.00193. The third kappa shape index (κ3) is 5.48. The first kappa shape index (κ1) is 27.5. The standard InChI is InChI=1S/C25H25F5N4O4/c1-13-11-33(12-31-13)19-4-3-18(34(7-8-35)24(19)37)23(36)32-14(2)20-5-6-21(38-20)15-9-16(26)22(17(27)10-15)25(28,29)30/h3-4,9-12,14,20-21,35H,5-8H2,1-2H3,(H,32,36). The van der Waals surface area contributed by atoms with Crippen molar-refractivity contribution in [3.05, 3.63) is 81.3 Å². The molecule has 3 heterocycles. The van der Waals surface area contributed by atoms with Gasteiger partial charge in [0.2, 0.25) is 0 Å². The van der Waals surface area contributed by atoms with Crippen molar-refractivity contribution in [1.82, 2.24) is 19.4 Å². The summed E-state index contributed by atoms with van der Waals surface area (Å²) in [5.41, 5.74) is -1.62. The number of imidazole rings is 1. The molecule has 38 heavy (non-hydrogen) atoms. The smallest absolute Gasteiger partial charge is 0.395 e. The minimum atomic E-state index is -5.17. The maximum absolute atomic E-state index is 14.0. The molecule has 0 aliphatic carbocycles. The summed E-state index contributed by atoms with van der Waals surface area (Å²) in [6, 6.07) is 3.51. The predicted molar refractivity (Wildman–Crippen MR) is 125 cm³/mol. The van der Waals surface area contributed by atoms with E-state index in [1.54, 1.807) is 20.0 Å². The molecule has 13 heteroatoms. The third-order valence-corrected chi connectivity index (χ3v) is 6.39. The van der Waals surface area contributed by atoms with Crippen LogP contribution in [0, 0.1) is 18.6 Å². The molecule has 0 spiro atoms. The van der Waals surface area contributed by atoms with Crippen molar-refractivity contribution in [2.75, 3.05) is 6.61 Å². The Kier molecular flexibility index (Phi) is 7.70. The Bertz CT molecular complexity index is 1380. The van der Waals surface area contributed by atoms with Crippen LogP contribution in [0.4, 0.5) is 22.0 Å². The number of amides is 1. The molecule has 1 fully saturated rings. The molecule has 3 unspecified atom stereocenters. The molecule has 2 N–H and O–H groups in total. The lowest BCUT2D eigenvalue weighted by Crippen LogP contribution is -2.43. The highest BCUT2D eigenvalue weighted by Gasteiger charge is 2.39. The summed E-state index contributed by atoms with van der Waals surface area (Å²) in [7, 11) is 0. The Hall–Kier alpha value is -3.58. The zero-order chi connectivity index (χ0) is 27.8. The van der Waals surface area contributed by atoms with E-state index >= 15 is 0 Å². The largest absolute Gasteiger partial charge is 0.422 e. The predicted octanol–water partition coefficient (Wildman–Crippen LogP) is 3.67. The second-order valence-electron chi connectivity index (χ2n) is 9.07. The van der Waals surface area contributed by atoms with Gasteiger partial charge in [-0.1, -0.05) is 0 Å². The fraction of sp³-hybridized carbons (Fsp3) is 0.400. The molecule has 1 amide bonds. The number of carbonyl (C=O) groups excluding carboxylic acids is 1. The van der Waals surface area contributed by atoms with Gasteiger partial charge in [-0.15, -0.1) is 0 Å². The first-order valence-corrected chi connectivity index (χ1v) is 11.8. The zero-order valence-corrected chi connectivity index (χ0v) is 20.4. The number of hydrogen-bond acceptors (Lipinski definition) is 5. The number of nitrogens with zero attached hydrogens (tertiary/aromatic N) is 3. The van der Waals surface area contributed by atoms with E-state index in [-0.39, 0.29) is 29.9 Å². The van der Waals surface area contributed by atoms with Gasteiger partial charge < -0.3 is 19.7 Å². The summed E-state index contributed by atoms with van der Waals surface area (Å²) < 4.78 is 75.1. The molecule has 4 rings (SSSR count). The van der Waals surface area contributed by atoms with Crippen LogP contribution >= 0.6 is 0 Å². The van der Waals surface area contributed by atoms with E-state index in [1.807, 2.05) is 0 Å². The molecular formula is C25H25F5N4O4. The number of aromatic nitrogens is 3. The van der Waals surface area contributed by atoms with Gasteiger partial charge in [0, 0.05) is 12.7 Å². The number of aryl methyl sites for hydroxylation is 1. The van der Waals surface area contributed by atoms with E-state index in [4.69, 9.17) is 4.74 Å². The number of hydrogen-bond donors (Lipinski definition) is 2. The van der Waals surface area contributed by atoms with Crippen LogP contribution in [-0.2, 0) is 17.5 Å².